The van der Waals surface area contributed by atoms with Crippen LogP contribution in [0.2, 0.25) is 5.02 Å². The molecule has 2 N–H and O–H groups in total. The summed E-state index contributed by atoms with van der Waals surface area (Å²) >= 11 is 11.5. The number of nitrogens with one attached hydrogen (secondary N) is 2. The maximum Gasteiger partial charge on any atom is 0.387 e. The topological polar surface area (TPSA) is 51.1 Å². The fourth-order valence-electron chi connectivity index (χ4n) is 2.72. The number of rotatable bonds is 6. The first-order valence-corrected chi connectivity index (χ1v) is 9.52. The molecule has 1 aromatic heterocycles. The van der Waals surface area contributed by atoms with E-state index in [0.29, 0.717) is 23.1 Å². The molecule has 0 atom stereocenters. The summed E-state index contributed by atoms with van der Waals surface area (Å²) in [5.41, 5.74) is 2.98. The van der Waals surface area contributed by atoms with Crippen molar-refractivity contribution < 1.29 is 13.5 Å². The molecule has 3 rings (SSSR count). The molecular formula is C20H19ClF2N4OS. The minimum atomic E-state index is -2.93. The van der Waals surface area contributed by atoms with Gasteiger partial charge in [-0.2, -0.15) is 13.9 Å². The normalized spacial score (nSPS) is 10.8. The molecule has 0 aliphatic heterocycles. The second-order valence-corrected chi connectivity index (χ2v) is 7.19. The van der Waals surface area contributed by atoms with E-state index in [1.807, 2.05) is 37.3 Å². The van der Waals surface area contributed by atoms with E-state index in [4.69, 9.17) is 23.8 Å². The first-order valence-electron chi connectivity index (χ1n) is 8.73. The van der Waals surface area contributed by atoms with Crippen LogP contribution in [0, 0.1) is 13.8 Å². The lowest BCUT2D eigenvalue weighted by atomic mass is 10.2. The summed E-state index contributed by atoms with van der Waals surface area (Å²) < 4.78 is 31.7. The number of alkyl halides is 2. The molecule has 152 valence electrons. The predicted octanol–water partition coefficient (Wildman–Crippen LogP) is 5.61. The molecule has 0 aliphatic carbocycles. The van der Waals surface area contributed by atoms with Crippen molar-refractivity contribution >= 4 is 40.4 Å². The first kappa shape index (κ1) is 21.0. The Hall–Kier alpha value is -2.71. The summed E-state index contributed by atoms with van der Waals surface area (Å²) in [6.07, 6.45) is 0. The van der Waals surface area contributed by atoms with Gasteiger partial charge in [-0.15, -0.1) is 0 Å². The van der Waals surface area contributed by atoms with Crippen LogP contribution in [-0.2, 0) is 6.54 Å². The fourth-order valence-corrected chi connectivity index (χ4v) is 3.13. The summed E-state index contributed by atoms with van der Waals surface area (Å²) in [6, 6.07) is 14.3. The standard InChI is InChI=1S/C20H19ClF2N4OS/c1-12-7-8-16(17(9-12)28-19(22)23)24-20(29)25-18-10-13(2)27(26-18)11-14-5-3-4-6-15(14)21/h3-10,19H,11H2,1-2H3,(H2,24,25,26,29). The monoisotopic (exact) mass is 436 g/mol. The summed E-state index contributed by atoms with van der Waals surface area (Å²) in [7, 11) is 0. The number of anilines is 2. The van der Waals surface area contributed by atoms with Crippen LogP contribution < -0.4 is 15.4 Å². The Bertz CT molecular complexity index is 1030. The van der Waals surface area contributed by atoms with Crippen LogP contribution in [0.3, 0.4) is 0 Å². The molecule has 9 heteroatoms. The third-order valence-electron chi connectivity index (χ3n) is 4.10. The highest BCUT2D eigenvalue weighted by Crippen LogP contribution is 2.27. The molecule has 29 heavy (non-hydrogen) atoms. The van der Waals surface area contributed by atoms with E-state index in [0.717, 1.165) is 16.8 Å². The molecule has 0 bridgehead atoms. The Labute approximate surface area is 177 Å². The van der Waals surface area contributed by atoms with Crippen LogP contribution in [0.5, 0.6) is 5.75 Å². The van der Waals surface area contributed by atoms with E-state index in [-0.39, 0.29) is 10.9 Å². The van der Waals surface area contributed by atoms with E-state index < -0.39 is 6.61 Å². The van der Waals surface area contributed by atoms with Gasteiger partial charge in [0.1, 0.15) is 5.75 Å². The van der Waals surface area contributed by atoms with Gasteiger partial charge in [0.25, 0.3) is 0 Å². The zero-order valence-electron chi connectivity index (χ0n) is 15.7. The molecule has 0 amide bonds. The number of aromatic nitrogens is 2. The lowest BCUT2D eigenvalue weighted by molar-refractivity contribution is -0.0493. The van der Waals surface area contributed by atoms with Gasteiger partial charge in [0.15, 0.2) is 10.9 Å². The Morgan fingerprint density at radius 1 is 1.17 bits per heavy atom. The van der Waals surface area contributed by atoms with Gasteiger partial charge in [-0.25, -0.2) is 0 Å². The summed E-state index contributed by atoms with van der Waals surface area (Å²) in [4.78, 5) is 0. The molecule has 5 nitrogen and oxygen atoms in total. The smallest absolute Gasteiger partial charge is 0.387 e. The van der Waals surface area contributed by atoms with Gasteiger partial charge in [0, 0.05) is 16.8 Å². The Balaban J connectivity index is 1.70. The van der Waals surface area contributed by atoms with Crippen LogP contribution in [0.1, 0.15) is 16.8 Å². The Morgan fingerprint density at radius 2 is 1.93 bits per heavy atom. The van der Waals surface area contributed by atoms with Crippen molar-refractivity contribution in [1.29, 1.82) is 0 Å². The molecule has 0 unspecified atom stereocenters. The summed E-state index contributed by atoms with van der Waals surface area (Å²) in [5, 5.41) is 11.2. The quantitative estimate of drug-likeness (QED) is 0.492. The van der Waals surface area contributed by atoms with E-state index in [1.165, 1.54) is 6.07 Å². The number of halogens is 3. The average Bonchev–Trinajstić information content (AvgIpc) is 2.97. The predicted molar refractivity (Wildman–Crippen MR) is 115 cm³/mol. The first-order chi connectivity index (χ1) is 13.8. The van der Waals surface area contributed by atoms with Gasteiger partial charge in [-0.1, -0.05) is 35.9 Å². The zero-order chi connectivity index (χ0) is 21.0. The minimum absolute atomic E-state index is 0.0181. The van der Waals surface area contributed by atoms with Crippen molar-refractivity contribution in [2.24, 2.45) is 0 Å². The van der Waals surface area contributed by atoms with Crippen molar-refractivity contribution in [3.8, 4) is 5.75 Å². The molecule has 0 radical (unpaired) electrons. The third-order valence-corrected chi connectivity index (χ3v) is 4.67. The van der Waals surface area contributed by atoms with Crippen molar-refractivity contribution in [2.45, 2.75) is 27.0 Å². The highest BCUT2D eigenvalue weighted by molar-refractivity contribution is 7.80. The van der Waals surface area contributed by atoms with Gasteiger partial charge >= 0.3 is 6.61 Å². The molecule has 1 heterocycles. The van der Waals surface area contributed by atoms with Crippen molar-refractivity contribution in [2.75, 3.05) is 10.6 Å². The molecule has 0 saturated carbocycles. The number of benzene rings is 2. The van der Waals surface area contributed by atoms with Crippen molar-refractivity contribution in [1.82, 2.24) is 9.78 Å². The summed E-state index contributed by atoms with van der Waals surface area (Å²) in [5.74, 6) is 0.542. The molecule has 2 aromatic carbocycles. The number of thiocarbonyl (C=S) groups is 1. The van der Waals surface area contributed by atoms with Gasteiger partial charge in [-0.3, -0.25) is 4.68 Å². The lowest BCUT2D eigenvalue weighted by Gasteiger charge is -2.14. The average molecular weight is 437 g/mol. The van der Waals surface area contributed by atoms with Crippen LogP contribution in [-0.4, -0.2) is 21.5 Å². The molecule has 3 aromatic rings. The van der Waals surface area contributed by atoms with E-state index in [9.17, 15) is 8.78 Å². The van der Waals surface area contributed by atoms with Crippen LogP contribution in [0.25, 0.3) is 0 Å². The highest BCUT2D eigenvalue weighted by atomic mass is 35.5. The number of aryl methyl sites for hydroxylation is 2. The zero-order valence-corrected chi connectivity index (χ0v) is 17.3. The van der Waals surface area contributed by atoms with E-state index >= 15 is 0 Å². The largest absolute Gasteiger partial charge is 0.433 e. The number of hydrogen-bond acceptors (Lipinski definition) is 3. The molecule has 0 aliphatic rings. The lowest BCUT2D eigenvalue weighted by Crippen LogP contribution is -2.20. The molecule has 0 saturated heterocycles. The summed E-state index contributed by atoms with van der Waals surface area (Å²) in [6.45, 7) is 1.28. The van der Waals surface area contributed by atoms with E-state index in [1.54, 1.807) is 23.7 Å². The van der Waals surface area contributed by atoms with Crippen molar-refractivity contribution in [3.05, 3.63) is 70.4 Å². The van der Waals surface area contributed by atoms with Crippen LogP contribution in [0.4, 0.5) is 20.3 Å². The highest BCUT2D eigenvalue weighted by Gasteiger charge is 2.13. The third kappa shape index (κ3) is 5.65. The number of nitrogens with zero attached hydrogens (tertiary/aromatic N) is 2. The van der Waals surface area contributed by atoms with Crippen LogP contribution in [0.15, 0.2) is 48.5 Å². The maximum atomic E-state index is 12.7. The van der Waals surface area contributed by atoms with E-state index in [2.05, 4.69) is 20.5 Å². The second-order valence-electron chi connectivity index (χ2n) is 6.38. The minimum Gasteiger partial charge on any atom is -0.433 e. The van der Waals surface area contributed by atoms with Crippen molar-refractivity contribution in [3.63, 3.8) is 0 Å². The molecular weight excluding hydrogens is 418 g/mol. The van der Waals surface area contributed by atoms with Gasteiger partial charge in [0.2, 0.25) is 0 Å². The SMILES string of the molecule is Cc1ccc(NC(=S)Nc2cc(C)n(Cc3ccccc3Cl)n2)c(OC(F)F)c1. The van der Waals surface area contributed by atoms with Gasteiger partial charge < -0.3 is 15.4 Å². The maximum absolute atomic E-state index is 12.7. The Morgan fingerprint density at radius 3 is 2.66 bits per heavy atom. The fraction of sp³-hybridized carbons (Fsp3) is 0.200. The second kappa shape index (κ2) is 9.19. The number of hydrogen-bond donors (Lipinski definition) is 2. The van der Waals surface area contributed by atoms with Gasteiger partial charge in [0.05, 0.1) is 12.2 Å². The Kier molecular flexibility index (Phi) is 6.66. The molecule has 0 fully saturated rings. The molecule has 0 spiro atoms. The van der Waals surface area contributed by atoms with Gasteiger partial charge in [-0.05, 0) is 55.4 Å². The van der Waals surface area contributed by atoms with Crippen LogP contribution >= 0.6 is 23.8 Å². The number of ether oxygens (including phenoxy) is 1.